The molecule has 0 radical (unpaired) electrons. The minimum atomic E-state index is -1.45. The third-order valence-corrected chi connectivity index (χ3v) is 2.72. The van der Waals surface area contributed by atoms with E-state index in [0.717, 1.165) is 0 Å². The SMILES string of the molecule is OC[C@H]1O[C@@H](Oc2ccccn2)[C@H](O)[C@@H](O)[C@H]1O. The number of hydrogen-bond donors (Lipinski definition) is 4. The lowest BCUT2D eigenvalue weighted by molar-refractivity contribution is -0.278. The Morgan fingerprint density at radius 2 is 1.94 bits per heavy atom. The molecule has 1 aliphatic rings. The second kappa shape index (κ2) is 5.59. The van der Waals surface area contributed by atoms with Gasteiger partial charge >= 0.3 is 0 Å². The summed E-state index contributed by atoms with van der Waals surface area (Å²) in [6.45, 7) is -0.493. The van der Waals surface area contributed by atoms with E-state index in [1.165, 1.54) is 6.20 Å². The highest BCUT2D eigenvalue weighted by molar-refractivity contribution is 5.10. The van der Waals surface area contributed by atoms with E-state index in [-0.39, 0.29) is 5.88 Å². The monoisotopic (exact) mass is 257 g/mol. The fourth-order valence-electron chi connectivity index (χ4n) is 1.70. The molecule has 7 nitrogen and oxygen atoms in total. The molecule has 1 aliphatic heterocycles. The Balaban J connectivity index is 2.08. The second-order valence-corrected chi connectivity index (χ2v) is 3.98. The Morgan fingerprint density at radius 3 is 2.56 bits per heavy atom. The molecule has 100 valence electrons. The predicted octanol–water partition coefficient (Wildman–Crippen LogP) is -1.74. The van der Waals surface area contributed by atoms with Gasteiger partial charge in [-0.2, -0.15) is 0 Å². The molecule has 0 bridgehead atoms. The van der Waals surface area contributed by atoms with Gasteiger partial charge in [0.2, 0.25) is 12.2 Å². The van der Waals surface area contributed by atoms with Gasteiger partial charge in [-0.05, 0) is 6.07 Å². The molecule has 0 amide bonds. The quantitative estimate of drug-likeness (QED) is 0.508. The highest BCUT2D eigenvalue weighted by Gasteiger charge is 2.44. The third-order valence-electron chi connectivity index (χ3n) is 2.72. The maximum absolute atomic E-state index is 9.71. The van der Waals surface area contributed by atoms with E-state index in [9.17, 15) is 15.3 Å². The molecule has 0 aliphatic carbocycles. The summed E-state index contributed by atoms with van der Waals surface area (Å²) in [5, 5.41) is 37.8. The average molecular weight is 257 g/mol. The van der Waals surface area contributed by atoms with Crippen LogP contribution >= 0.6 is 0 Å². The summed E-state index contributed by atoms with van der Waals surface area (Å²) in [5.74, 6) is 0.210. The summed E-state index contributed by atoms with van der Waals surface area (Å²) >= 11 is 0. The highest BCUT2D eigenvalue weighted by atomic mass is 16.7. The van der Waals surface area contributed by atoms with Gasteiger partial charge in [-0.15, -0.1) is 0 Å². The zero-order valence-corrected chi connectivity index (χ0v) is 9.46. The van der Waals surface area contributed by atoms with Gasteiger partial charge in [0.05, 0.1) is 6.61 Å². The van der Waals surface area contributed by atoms with Crippen LogP contribution in [0.15, 0.2) is 24.4 Å². The summed E-state index contributed by atoms with van der Waals surface area (Å²) in [7, 11) is 0. The first kappa shape index (κ1) is 13.2. The molecule has 1 saturated heterocycles. The maximum Gasteiger partial charge on any atom is 0.231 e. The minimum Gasteiger partial charge on any atom is -0.445 e. The highest BCUT2D eigenvalue weighted by Crippen LogP contribution is 2.22. The molecule has 2 heterocycles. The summed E-state index contributed by atoms with van der Waals surface area (Å²) in [6, 6.07) is 4.94. The first-order valence-corrected chi connectivity index (χ1v) is 5.51. The molecule has 0 spiro atoms. The lowest BCUT2D eigenvalue weighted by Gasteiger charge is -2.39. The van der Waals surface area contributed by atoms with Crippen molar-refractivity contribution in [2.45, 2.75) is 30.7 Å². The number of aromatic nitrogens is 1. The fraction of sp³-hybridized carbons (Fsp3) is 0.545. The summed E-state index contributed by atoms with van der Waals surface area (Å²) in [5.41, 5.74) is 0. The van der Waals surface area contributed by atoms with E-state index >= 15 is 0 Å². The van der Waals surface area contributed by atoms with Crippen LogP contribution in [0.3, 0.4) is 0 Å². The molecule has 0 aromatic carbocycles. The number of aliphatic hydroxyl groups is 4. The van der Waals surface area contributed by atoms with Crippen LogP contribution in [0.4, 0.5) is 0 Å². The van der Waals surface area contributed by atoms with Crippen molar-refractivity contribution in [1.82, 2.24) is 4.98 Å². The van der Waals surface area contributed by atoms with Crippen molar-refractivity contribution in [3.8, 4) is 5.88 Å². The van der Waals surface area contributed by atoms with Crippen molar-refractivity contribution < 1.29 is 29.9 Å². The van der Waals surface area contributed by atoms with E-state index in [1.807, 2.05) is 0 Å². The summed E-state index contributed by atoms with van der Waals surface area (Å²) in [4.78, 5) is 3.88. The maximum atomic E-state index is 9.71. The van der Waals surface area contributed by atoms with Gasteiger partial charge in [0, 0.05) is 12.3 Å². The van der Waals surface area contributed by atoms with Gasteiger partial charge in [0.25, 0.3) is 0 Å². The normalized spacial score (nSPS) is 36.3. The number of nitrogens with zero attached hydrogens (tertiary/aromatic N) is 1. The van der Waals surface area contributed by atoms with Crippen LogP contribution in [-0.4, -0.2) is 62.7 Å². The Kier molecular flexibility index (Phi) is 4.10. The van der Waals surface area contributed by atoms with E-state index in [4.69, 9.17) is 14.6 Å². The van der Waals surface area contributed by atoms with E-state index in [1.54, 1.807) is 18.2 Å². The molecule has 1 fully saturated rings. The molecule has 1 aromatic rings. The molecular formula is C11H15NO6. The third kappa shape index (κ3) is 2.60. The predicted molar refractivity (Wildman–Crippen MR) is 58.6 cm³/mol. The van der Waals surface area contributed by atoms with E-state index in [0.29, 0.717) is 0 Å². The van der Waals surface area contributed by atoms with Crippen LogP contribution in [-0.2, 0) is 4.74 Å². The number of pyridine rings is 1. The first-order valence-electron chi connectivity index (χ1n) is 5.51. The van der Waals surface area contributed by atoms with Crippen LogP contribution in [0.1, 0.15) is 0 Å². The molecule has 0 unspecified atom stereocenters. The summed E-state index contributed by atoms with van der Waals surface area (Å²) in [6.07, 6.45) is -4.96. The van der Waals surface area contributed by atoms with Gasteiger partial charge in [-0.1, -0.05) is 6.07 Å². The number of rotatable bonds is 3. The van der Waals surface area contributed by atoms with Crippen LogP contribution in [0, 0.1) is 0 Å². The van der Waals surface area contributed by atoms with Crippen LogP contribution in [0.5, 0.6) is 5.88 Å². The number of ether oxygens (including phenoxy) is 2. The number of aliphatic hydroxyl groups excluding tert-OH is 4. The van der Waals surface area contributed by atoms with Crippen molar-refractivity contribution in [3.05, 3.63) is 24.4 Å². The van der Waals surface area contributed by atoms with Gasteiger partial charge in [0.1, 0.15) is 24.4 Å². The van der Waals surface area contributed by atoms with Crippen LogP contribution in [0.25, 0.3) is 0 Å². The largest absolute Gasteiger partial charge is 0.445 e. The molecule has 2 rings (SSSR count). The standard InChI is InChI=1S/C11H15NO6/c13-5-6-8(14)9(15)10(16)11(17-6)18-7-3-1-2-4-12-7/h1-4,6,8-11,13-16H,5H2/t6-,8+,9+,10-,11+/m1/s1. The van der Waals surface area contributed by atoms with E-state index < -0.39 is 37.3 Å². The van der Waals surface area contributed by atoms with Gasteiger partial charge < -0.3 is 29.9 Å². The number of hydrogen-bond acceptors (Lipinski definition) is 7. The zero-order chi connectivity index (χ0) is 13.1. The summed E-state index contributed by atoms with van der Waals surface area (Å²) < 4.78 is 10.4. The van der Waals surface area contributed by atoms with Crippen LogP contribution in [0.2, 0.25) is 0 Å². The Hall–Kier alpha value is -1.25. The molecule has 0 saturated carbocycles. The van der Waals surface area contributed by atoms with Crippen molar-refractivity contribution in [3.63, 3.8) is 0 Å². The van der Waals surface area contributed by atoms with Crippen molar-refractivity contribution in [2.75, 3.05) is 6.61 Å². The van der Waals surface area contributed by atoms with Gasteiger partial charge in [-0.3, -0.25) is 0 Å². The second-order valence-electron chi connectivity index (χ2n) is 3.98. The van der Waals surface area contributed by atoms with Gasteiger partial charge in [-0.25, -0.2) is 4.98 Å². The van der Waals surface area contributed by atoms with Crippen molar-refractivity contribution in [1.29, 1.82) is 0 Å². The molecule has 1 aromatic heterocycles. The topological polar surface area (TPSA) is 112 Å². The van der Waals surface area contributed by atoms with Crippen molar-refractivity contribution >= 4 is 0 Å². The Labute approximate surface area is 103 Å². The lowest BCUT2D eigenvalue weighted by Crippen LogP contribution is -2.60. The van der Waals surface area contributed by atoms with Crippen LogP contribution < -0.4 is 4.74 Å². The fourth-order valence-corrected chi connectivity index (χ4v) is 1.70. The molecular weight excluding hydrogens is 242 g/mol. The molecule has 18 heavy (non-hydrogen) atoms. The minimum absolute atomic E-state index is 0.210. The smallest absolute Gasteiger partial charge is 0.231 e. The molecule has 4 N–H and O–H groups in total. The molecule has 5 atom stereocenters. The van der Waals surface area contributed by atoms with Crippen molar-refractivity contribution in [2.24, 2.45) is 0 Å². The lowest BCUT2D eigenvalue weighted by atomic mass is 9.99. The Morgan fingerprint density at radius 1 is 1.17 bits per heavy atom. The van der Waals surface area contributed by atoms with Gasteiger partial charge in [0.15, 0.2) is 0 Å². The Bertz CT molecular complexity index is 373. The first-order chi connectivity index (χ1) is 8.63. The molecule has 7 heteroatoms. The van der Waals surface area contributed by atoms with E-state index in [2.05, 4.69) is 4.98 Å². The average Bonchev–Trinajstić information content (AvgIpc) is 2.40. The zero-order valence-electron chi connectivity index (χ0n) is 9.46.